The molecule has 0 amide bonds. The van der Waals surface area contributed by atoms with Crippen LogP contribution in [-0.2, 0) is 0 Å². The van der Waals surface area contributed by atoms with Gasteiger partial charge in [0, 0.05) is 6.07 Å². The maximum absolute atomic E-state index is 12.1. The zero-order valence-corrected chi connectivity index (χ0v) is 12.0. The van der Waals surface area contributed by atoms with Crippen molar-refractivity contribution in [1.29, 1.82) is 0 Å². The maximum Gasteiger partial charge on any atom is 0.203 e. The highest BCUT2D eigenvalue weighted by Gasteiger charge is 2.14. The third-order valence-electron chi connectivity index (χ3n) is 3.18. The van der Waals surface area contributed by atoms with Crippen molar-refractivity contribution in [3.8, 4) is 17.2 Å². The molecule has 4 heteroatoms. The van der Waals surface area contributed by atoms with Crippen LogP contribution in [0.5, 0.6) is 17.2 Å². The van der Waals surface area contributed by atoms with E-state index in [0.717, 1.165) is 11.6 Å². The Labute approximate surface area is 123 Å². The first-order chi connectivity index (χ1) is 9.99. The second kappa shape index (κ2) is 6.31. The molecular weight excluding hydrogens is 268 g/mol. The summed E-state index contributed by atoms with van der Waals surface area (Å²) in [5.41, 5.74) is 1.16. The number of ketones is 1. The highest BCUT2D eigenvalue weighted by Crippen LogP contribution is 2.27. The van der Waals surface area contributed by atoms with Crippen molar-refractivity contribution in [2.24, 2.45) is 0 Å². The average molecular weight is 286 g/mol. The lowest BCUT2D eigenvalue weighted by atomic mass is 10.0. The molecule has 0 atom stereocenters. The summed E-state index contributed by atoms with van der Waals surface area (Å²) in [5, 5.41) is 18.9. The highest BCUT2D eigenvalue weighted by atomic mass is 16.5. The van der Waals surface area contributed by atoms with E-state index >= 15 is 0 Å². The van der Waals surface area contributed by atoms with Gasteiger partial charge in [-0.05, 0) is 29.7 Å². The molecule has 0 fully saturated rings. The van der Waals surface area contributed by atoms with Crippen LogP contribution in [0.25, 0.3) is 0 Å². The smallest absolute Gasteiger partial charge is 0.203 e. The lowest BCUT2D eigenvalue weighted by Gasteiger charge is -2.13. The molecule has 0 saturated heterocycles. The number of para-hydroxylation sites is 1. The summed E-state index contributed by atoms with van der Waals surface area (Å²) < 4.78 is 5.58. The van der Waals surface area contributed by atoms with E-state index in [1.54, 1.807) is 0 Å². The molecule has 4 nitrogen and oxygen atoms in total. The fourth-order valence-electron chi connectivity index (χ4n) is 2.07. The van der Waals surface area contributed by atoms with Crippen LogP contribution in [0, 0.1) is 0 Å². The Bertz CT molecular complexity index is 647. The molecule has 0 heterocycles. The van der Waals surface area contributed by atoms with Crippen molar-refractivity contribution in [3.05, 3.63) is 53.6 Å². The summed E-state index contributed by atoms with van der Waals surface area (Å²) >= 11 is 0. The van der Waals surface area contributed by atoms with Crippen LogP contribution in [0.1, 0.15) is 35.7 Å². The average Bonchev–Trinajstić information content (AvgIpc) is 2.45. The van der Waals surface area contributed by atoms with E-state index in [2.05, 4.69) is 13.8 Å². The molecule has 0 aromatic heterocycles. The third kappa shape index (κ3) is 3.54. The molecule has 21 heavy (non-hydrogen) atoms. The molecule has 2 aromatic carbocycles. The van der Waals surface area contributed by atoms with Gasteiger partial charge in [0.1, 0.15) is 17.2 Å². The van der Waals surface area contributed by atoms with Crippen LogP contribution in [0.4, 0.5) is 0 Å². The molecule has 0 radical (unpaired) electrons. The number of phenols is 2. The monoisotopic (exact) mass is 286 g/mol. The Morgan fingerprint density at radius 3 is 2.52 bits per heavy atom. The molecule has 0 aliphatic rings. The van der Waals surface area contributed by atoms with E-state index < -0.39 is 0 Å². The second-order valence-electron chi connectivity index (χ2n) is 5.11. The van der Waals surface area contributed by atoms with Crippen molar-refractivity contribution >= 4 is 5.78 Å². The Hall–Kier alpha value is -2.49. The first-order valence-electron chi connectivity index (χ1n) is 6.76. The minimum Gasteiger partial charge on any atom is -0.508 e. The SMILES string of the molecule is CC(C)c1ccccc1OCC(=O)c1ccc(O)cc1O. The quantitative estimate of drug-likeness (QED) is 0.826. The van der Waals surface area contributed by atoms with Gasteiger partial charge in [-0.25, -0.2) is 0 Å². The molecule has 0 saturated carbocycles. The van der Waals surface area contributed by atoms with E-state index in [1.165, 1.54) is 12.1 Å². The second-order valence-corrected chi connectivity index (χ2v) is 5.11. The molecule has 110 valence electrons. The summed E-state index contributed by atoms with van der Waals surface area (Å²) in [5.74, 6) is 0.277. The van der Waals surface area contributed by atoms with Gasteiger partial charge in [-0.15, -0.1) is 0 Å². The Balaban J connectivity index is 2.11. The molecule has 0 bridgehead atoms. The molecule has 2 N–H and O–H groups in total. The van der Waals surface area contributed by atoms with Crippen LogP contribution in [0.15, 0.2) is 42.5 Å². The normalized spacial score (nSPS) is 10.6. The van der Waals surface area contributed by atoms with Crippen LogP contribution >= 0.6 is 0 Å². The minimum absolute atomic E-state index is 0.0879. The predicted octanol–water partition coefficient (Wildman–Crippen LogP) is 3.48. The van der Waals surface area contributed by atoms with E-state index in [1.807, 2.05) is 24.3 Å². The van der Waals surface area contributed by atoms with Gasteiger partial charge in [-0.3, -0.25) is 4.79 Å². The van der Waals surface area contributed by atoms with Gasteiger partial charge in [0.15, 0.2) is 6.61 Å². The van der Waals surface area contributed by atoms with E-state index in [0.29, 0.717) is 11.7 Å². The molecule has 0 aliphatic heterocycles. The summed E-state index contributed by atoms with van der Waals surface area (Å²) in [7, 11) is 0. The number of Topliss-reactive ketones (excluding diaryl/α,β-unsaturated/α-hetero) is 1. The molecule has 0 spiro atoms. The van der Waals surface area contributed by atoms with Gasteiger partial charge in [-0.2, -0.15) is 0 Å². The molecule has 0 aliphatic carbocycles. The van der Waals surface area contributed by atoms with Gasteiger partial charge in [-0.1, -0.05) is 32.0 Å². The largest absolute Gasteiger partial charge is 0.508 e. The highest BCUT2D eigenvalue weighted by molar-refractivity contribution is 5.99. The first-order valence-corrected chi connectivity index (χ1v) is 6.76. The van der Waals surface area contributed by atoms with Crippen LogP contribution in [0.3, 0.4) is 0 Å². The van der Waals surface area contributed by atoms with Gasteiger partial charge in [0.25, 0.3) is 0 Å². The third-order valence-corrected chi connectivity index (χ3v) is 3.18. The standard InChI is InChI=1S/C17H18O4/c1-11(2)13-5-3-4-6-17(13)21-10-16(20)14-8-7-12(18)9-15(14)19/h3-9,11,18-19H,10H2,1-2H3. The fraction of sp³-hybridized carbons (Fsp3) is 0.235. The van der Waals surface area contributed by atoms with E-state index in [9.17, 15) is 15.0 Å². The molecule has 2 rings (SSSR count). The summed E-state index contributed by atoms with van der Waals surface area (Å²) in [6.45, 7) is 3.94. The van der Waals surface area contributed by atoms with Crippen LogP contribution < -0.4 is 4.74 Å². The van der Waals surface area contributed by atoms with E-state index in [-0.39, 0.29) is 29.5 Å². The zero-order chi connectivity index (χ0) is 15.4. The zero-order valence-electron chi connectivity index (χ0n) is 12.0. The lowest BCUT2D eigenvalue weighted by Crippen LogP contribution is -2.12. The number of rotatable bonds is 5. The molecule has 2 aromatic rings. The van der Waals surface area contributed by atoms with Gasteiger partial charge >= 0.3 is 0 Å². The number of hydrogen-bond acceptors (Lipinski definition) is 4. The topological polar surface area (TPSA) is 66.8 Å². The number of hydrogen-bond donors (Lipinski definition) is 2. The lowest BCUT2D eigenvalue weighted by molar-refractivity contribution is 0.0918. The Morgan fingerprint density at radius 1 is 1.14 bits per heavy atom. The number of aromatic hydroxyl groups is 2. The van der Waals surface area contributed by atoms with Crippen LogP contribution in [-0.4, -0.2) is 22.6 Å². The summed E-state index contributed by atoms with van der Waals surface area (Å²) in [4.78, 5) is 12.1. The number of carbonyl (C=O) groups is 1. The summed E-state index contributed by atoms with van der Waals surface area (Å²) in [6, 6.07) is 11.4. The Morgan fingerprint density at radius 2 is 1.86 bits per heavy atom. The number of benzene rings is 2. The number of carbonyl (C=O) groups excluding carboxylic acids is 1. The van der Waals surface area contributed by atoms with Crippen molar-refractivity contribution in [2.45, 2.75) is 19.8 Å². The van der Waals surface area contributed by atoms with Crippen molar-refractivity contribution in [2.75, 3.05) is 6.61 Å². The first kappa shape index (κ1) is 14.9. The summed E-state index contributed by atoms with van der Waals surface area (Å²) in [6.07, 6.45) is 0. The molecular formula is C17H18O4. The van der Waals surface area contributed by atoms with Crippen LogP contribution in [0.2, 0.25) is 0 Å². The van der Waals surface area contributed by atoms with Gasteiger partial charge in [0.05, 0.1) is 5.56 Å². The van der Waals surface area contributed by atoms with Gasteiger partial charge in [0.2, 0.25) is 5.78 Å². The predicted molar refractivity (Wildman–Crippen MR) is 80.1 cm³/mol. The molecule has 0 unspecified atom stereocenters. The number of ether oxygens (including phenoxy) is 1. The fourth-order valence-corrected chi connectivity index (χ4v) is 2.07. The maximum atomic E-state index is 12.1. The number of phenolic OH excluding ortho intramolecular Hbond substituents is 2. The van der Waals surface area contributed by atoms with Crippen molar-refractivity contribution < 1.29 is 19.7 Å². The Kier molecular flexibility index (Phi) is 4.48. The van der Waals surface area contributed by atoms with Crippen molar-refractivity contribution in [1.82, 2.24) is 0 Å². The van der Waals surface area contributed by atoms with Gasteiger partial charge < -0.3 is 14.9 Å². The minimum atomic E-state index is -0.342. The van der Waals surface area contributed by atoms with E-state index in [4.69, 9.17) is 4.74 Å². The van der Waals surface area contributed by atoms with Crippen molar-refractivity contribution in [3.63, 3.8) is 0 Å².